The number of benzene rings is 2. The molecule has 370 valence electrons. The van der Waals surface area contributed by atoms with Crippen LogP contribution in [0.5, 0.6) is 11.5 Å². The summed E-state index contributed by atoms with van der Waals surface area (Å²) in [5, 5.41) is 19.4. The van der Waals surface area contributed by atoms with Crippen LogP contribution in [0.2, 0.25) is 0 Å². The number of fused-ring (bicyclic) bond motifs is 1. The summed E-state index contributed by atoms with van der Waals surface area (Å²) in [5.41, 5.74) is 3.05. The summed E-state index contributed by atoms with van der Waals surface area (Å²) in [7, 11) is 4.94. The van der Waals surface area contributed by atoms with E-state index in [1.165, 1.54) is 0 Å². The Morgan fingerprint density at radius 1 is 0.884 bits per heavy atom. The highest BCUT2D eigenvalue weighted by Gasteiger charge is 2.46. The molecule has 2 atom stereocenters. The van der Waals surface area contributed by atoms with Gasteiger partial charge in [0.2, 0.25) is 29.6 Å². The Kier molecular flexibility index (Phi) is 14.1. The lowest BCUT2D eigenvalue weighted by Gasteiger charge is -2.50. The molecule has 17 heteroatoms. The lowest BCUT2D eigenvalue weighted by molar-refractivity contribution is -0.139. The molecule has 2 saturated carbocycles. The number of likely N-dealkylation sites (N-methyl/N-ethyl adjacent to an activating group) is 1. The standard InChI is InChI=1S/C52H69N9O8/c1-5-40-49(67)58(2)41-32-53-50(56-45(41)61(40)35-8-6-7-9-35)54-39-14-10-34(30-43(39)69-4)46(64)57-52(24-29-62)20-18-51(19-21-52)22-27-60(28-23-51)48(66)33-16-25-59(26-17-33)36-11-12-37(42(31-36)68-3)38-13-15-44(63)55-47(38)65/h10-12,14,30-33,35,38,40,62H,5-9,13,15-29H2,1-4H3,(H,57,64)(H,53,54,56)(H,55,63,65)/t38?,40-/m1/s1. The van der Waals surface area contributed by atoms with E-state index >= 15 is 0 Å². The first-order valence-corrected chi connectivity index (χ1v) is 25.2. The molecule has 1 aromatic heterocycles. The molecule has 9 rings (SSSR count). The third-order valence-corrected chi connectivity index (χ3v) is 16.5. The third-order valence-electron chi connectivity index (χ3n) is 16.5. The highest BCUT2D eigenvalue weighted by molar-refractivity contribution is 6.04. The zero-order valence-electron chi connectivity index (χ0n) is 40.7. The number of piperidine rings is 3. The van der Waals surface area contributed by atoms with Crippen LogP contribution in [0.4, 0.5) is 28.8 Å². The van der Waals surface area contributed by atoms with Gasteiger partial charge in [0.15, 0.2) is 5.82 Å². The van der Waals surface area contributed by atoms with Crippen LogP contribution in [0.15, 0.2) is 42.6 Å². The van der Waals surface area contributed by atoms with Gasteiger partial charge < -0.3 is 44.8 Å². The molecule has 3 saturated heterocycles. The van der Waals surface area contributed by atoms with Crippen molar-refractivity contribution in [1.29, 1.82) is 0 Å². The van der Waals surface area contributed by atoms with E-state index in [9.17, 15) is 29.1 Å². The van der Waals surface area contributed by atoms with Gasteiger partial charge in [-0.1, -0.05) is 25.8 Å². The van der Waals surface area contributed by atoms with E-state index in [1.807, 2.05) is 25.1 Å². The average molecular weight is 948 g/mol. The van der Waals surface area contributed by atoms with Crippen LogP contribution in [-0.2, 0) is 19.2 Å². The van der Waals surface area contributed by atoms with Crippen molar-refractivity contribution in [2.45, 2.75) is 133 Å². The maximum atomic E-state index is 14.0. The molecule has 4 aliphatic heterocycles. The molecule has 17 nitrogen and oxygen atoms in total. The number of nitrogens with one attached hydrogen (secondary N) is 3. The fourth-order valence-corrected chi connectivity index (χ4v) is 12.2. The van der Waals surface area contributed by atoms with E-state index in [4.69, 9.17) is 14.5 Å². The molecule has 2 aromatic carbocycles. The van der Waals surface area contributed by atoms with Crippen LogP contribution in [0.1, 0.15) is 131 Å². The molecule has 4 N–H and O–H groups in total. The SMILES string of the molecule is CC[C@@H]1C(=O)N(C)c2cnc(Nc3ccc(C(=O)NC4(CCO)CCC5(CCN(C(=O)C6CCN(c7ccc(C8CCC(=O)NC8=O)c(OC)c7)CC6)CC5)CC4)cc3OC)nc2N1C1CCCC1. The molecular weight excluding hydrogens is 879 g/mol. The number of methoxy groups -OCH3 is 2. The molecule has 1 spiro atoms. The first kappa shape index (κ1) is 48.1. The number of aromatic nitrogens is 2. The Morgan fingerprint density at radius 2 is 1.61 bits per heavy atom. The van der Waals surface area contributed by atoms with Crippen LogP contribution in [0.3, 0.4) is 0 Å². The van der Waals surface area contributed by atoms with Crippen molar-refractivity contribution < 1.29 is 38.6 Å². The number of imide groups is 1. The Labute approximate surface area is 405 Å². The van der Waals surface area contributed by atoms with Crippen molar-refractivity contribution in [3.05, 3.63) is 53.7 Å². The van der Waals surface area contributed by atoms with Gasteiger partial charge >= 0.3 is 0 Å². The second-order valence-corrected chi connectivity index (χ2v) is 20.3. The predicted molar refractivity (Wildman–Crippen MR) is 262 cm³/mol. The van der Waals surface area contributed by atoms with Crippen molar-refractivity contribution >= 4 is 58.4 Å². The Balaban J connectivity index is 0.780. The van der Waals surface area contributed by atoms with Crippen LogP contribution >= 0.6 is 0 Å². The number of carbonyl (C=O) groups excluding carboxylic acids is 5. The predicted octanol–water partition coefficient (Wildman–Crippen LogP) is 6.21. The van der Waals surface area contributed by atoms with Gasteiger partial charge in [-0.15, -0.1) is 0 Å². The first-order chi connectivity index (χ1) is 33.4. The van der Waals surface area contributed by atoms with Gasteiger partial charge in [-0.25, -0.2) is 4.98 Å². The van der Waals surface area contributed by atoms with E-state index in [0.29, 0.717) is 60.1 Å². The fourth-order valence-electron chi connectivity index (χ4n) is 12.2. The number of carbonyl (C=O) groups is 5. The lowest BCUT2D eigenvalue weighted by atomic mass is 9.62. The molecule has 5 fully saturated rings. The lowest BCUT2D eigenvalue weighted by Crippen LogP contribution is -2.55. The summed E-state index contributed by atoms with van der Waals surface area (Å²) in [4.78, 5) is 83.4. The number of likely N-dealkylation sites (tertiary alicyclic amines) is 1. The topological polar surface area (TPSA) is 199 Å². The van der Waals surface area contributed by atoms with Crippen molar-refractivity contribution in [2.24, 2.45) is 11.3 Å². The number of amides is 5. The minimum atomic E-state index is -0.551. The van der Waals surface area contributed by atoms with Gasteiger partial charge in [-0.3, -0.25) is 29.3 Å². The summed E-state index contributed by atoms with van der Waals surface area (Å²) in [6, 6.07) is 11.1. The van der Waals surface area contributed by atoms with Crippen molar-refractivity contribution in [3.63, 3.8) is 0 Å². The third kappa shape index (κ3) is 9.67. The molecule has 0 bridgehead atoms. The molecule has 1 unspecified atom stereocenters. The van der Waals surface area contributed by atoms with Crippen molar-refractivity contribution in [2.75, 3.05) is 74.1 Å². The van der Waals surface area contributed by atoms with E-state index in [-0.39, 0.29) is 59.6 Å². The van der Waals surface area contributed by atoms with Crippen LogP contribution in [0, 0.1) is 11.3 Å². The zero-order chi connectivity index (χ0) is 48.5. The highest BCUT2D eigenvalue weighted by atomic mass is 16.5. The molecule has 5 amide bonds. The molecule has 3 aromatic rings. The number of aliphatic hydroxyl groups excluding tert-OH is 1. The van der Waals surface area contributed by atoms with E-state index in [1.54, 1.807) is 50.6 Å². The number of nitrogens with zero attached hydrogens (tertiary/aromatic N) is 6. The summed E-state index contributed by atoms with van der Waals surface area (Å²) >= 11 is 0. The summed E-state index contributed by atoms with van der Waals surface area (Å²) < 4.78 is 11.5. The van der Waals surface area contributed by atoms with Gasteiger partial charge in [-0.05, 0) is 113 Å². The quantitative estimate of drug-likeness (QED) is 0.141. The van der Waals surface area contributed by atoms with E-state index in [0.717, 1.165) is 120 Å². The van der Waals surface area contributed by atoms with Gasteiger partial charge in [0.1, 0.15) is 23.2 Å². The monoisotopic (exact) mass is 948 g/mol. The minimum Gasteiger partial charge on any atom is -0.496 e. The number of rotatable bonds is 13. The number of hydrogen-bond donors (Lipinski definition) is 4. The molecule has 69 heavy (non-hydrogen) atoms. The number of hydrogen-bond acceptors (Lipinski definition) is 13. The van der Waals surface area contributed by atoms with Gasteiger partial charge in [0, 0.05) is 86.6 Å². The van der Waals surface area contributed by atoms with Crippen LogP contribution in [-0.4, -0.2) is 121 Å². The van der Waals surface area contributed by atoms with Gasteiger partial charge in [0.25, 0.3) is 5.91 Å². The summed E-state index contributed by atoms with van der Waals surface area (Å²) in [6.07, 6.45) is 14.6. The zero-order valence-corrected chi connectivity index (χ0v) is 40.7. The fraction of sp³-hybridized carbons (Fsp3) is 0.596. The van der Waals surface area contributed by atoms with Gasteiger partial charge in [-0.2, -0.15) is 4.98 Å². The Bertz CT molecular complexity index is 2420. The first-order valence-electron chi connectivity index (χ1n) is 25.2. The summed E-state index contributed by atoms with van der Waals surface area (Å²) in [6.45, 7) is 4.94. The second-order valence-electron chi connectivity index (χ2n) is 20.3. The molecular formula is C52H69N9O8. The maximum Gasteiger partial charge on any atom is 0.251 e. The Hall–Kier alpha value is -5.97. The number of aliphatic hydroxyl groups is 1. The molecule has 0 radical (unpaired) electrons. The second kappa shape index (κ2) is 20.2. The Morgan fingerprint density at radius 3 is 2.28 bits per heavy atom. The van der Waals surface area contributed by atoms with E-state index in [2.05, 4.69) is 35.6 Å². The molecule has 5 heterocycles. The van der Waals surface area contributed by atoms with Crippen molar-refractivity contribution in [3.8, 4) is 11.5 Å². The van der Waals surface area contributed by atoms with Gasteiger partial charge in [0.05, 0.1) is 32.0 Å². The summed E-state index contributed by atoms with van der Waals surface area (Å²) in [5.74, 6) is 1.28. The largest absolute Gasteiger partial charge is 0.496 e. The van der Waals surface area contributed by atoms with E-state index < -0.39 is 11.5 Å². The number of anilines is 5. The maximum absolute atomic E-state index is 14.0. The molecule has 2 aliphatic carbocycles. The molecule has 6 aliphatic rings. The van der Waals surface area contributed by atoms with Crippen molar-refractivity contribution in [1.82, 2.24) is 25.5 Å². The number of ether oxygens (including phenoxy) is 2. The highest BCUT2D eigenvalue weighted by Crippen LogP contribution is 2.49. The van der Waals surface area contributed by atoms with Crippen LogP contribution < -0.4 is 40.1 Å². The van der Waals surface area contributed by atoms with Crippen LogP contribution in [0.25, 0.3) is 0 Å². The average Bonchev–Trinajstić information content (AvgIpc) is 3.91. The minimum absolute atomic E-state index is 0.0321. The normalized spacial score (nSPS) is 22.9. The smallest absolute Gasteiger partial charge is 0.251 e.